The van der Waals surface area contributed by atoms with Crippen LogP contribution >= 0.6 is 0 Å². The molecule has 1 N–H and O–H groups in total. The summed E-state index contributed by atoms with van der Waals surface area (Å²) in [5.74, 6) is -1.14. The largest absolute Gasteiger partial charge is 0.481 e. The van der Waals surface area contributed by atoms with E-state index in [2.05, 4.69) is 0 Å². The predicted octanol–water partition coefficient (Wildman–Crippen LogP) is 1.68. The first kappa shape index (κ1) is 15.5. The van der Waals surface area contributed by atoms with E-state index in [4.69, 9.17) is 4.74 Å². The number of hydrogen-bond donors (Lipinski definition) is 1. The molecule has 6 nitrogen and oxygen atoms in total. The van der Waals surface area contributed by atoms with Crippen molar-refractivity contribution in [3.05, 3.63) is 0 Å². The molecule has 0 aromatic heterocycles. The van der Waals surface area contributed by atoms with Crippen LogP contribution in [0.1, 0.15) is 40.5 Å². The van der Waals surface area contributed by atoms with E-state index in [1.54, 1.807) is 27.7 Å². The molecule has 0 aliphatic heterocycles. The minimum atomic E-state index is -1.18. The number of aliphatic carboxylic acids is 1. The molecule has 1 rings (SSSR count). The predicted molar refractivity (Wildman–Crippen MR) is 67.8 cm³/mol. The Balaban J connectivity index is 2.81. The van der Waals surface area contributed by atoms with Gasteiger partial charge in [-0.3, -0.25) is 9.59 Å². The minimum Gasteiger partial charge on any atom is -0.481 e. The molecule has 1 atom stereocenters. The standard InChI is InChI=1S/C13H21NO5/c1-8(13(10(16)17)6-9(15)7-13)14(5)11(18)19-12(2,3)4/h8H,6-7H2,1-5H3,(H,16,17). The summed E-state index contributed by atoms with van der Waals surface area (Å²) in [6.07, 6.45) is -0.646. The Morgan fingerprint density at radius 2 is 1.84 bits per heavy atom. The molecule has 19 heavy (non-hydrogen) atoms. The number of ketones is 1. The Labute approximate surface area is 112 Å². The molecule has 0 radical (unpaired) electrons. The molecule has 0 saturated heterocycles. The van der Waals surface area contributed by atoms with Gasteiger partial charge in [0.2, 0.25) is 0 Å². The smallest absolute Gasteiger partial charge is 0.410 e. The van der Waals surface area contributed by atoms with Gasteiger partial charge in [0.15, 0.2) is 0 Å². The normalized spacial score (nSPS) is 19.3. The van der Waals surface area contributed by atoms with Crippen molar-refractivity contribution >= 4 is 17.8 Å². The Morgan fingerprint density at radius 1 is 1.37 bits per heavy atom. The summed E-state index contributed by atoms with van der Waals surface area (Å²) >= 11 is 0. The van der Waals surface area contributed by atoms with Crippen molar-refractivity contribution in [3.8, 4) is 0 Å². The van der Waals surface area contributed by atoms with Gasteiger partial charge in [0.1, 0.15) is 16.8 Å². The first-order valence-corrected chi connectivity index (χ1v) is 6.20. The maximum atomic E-state index is 11.9. The molecule has 1 saturated carbocycles. The summed E-state index contributed by atoms with van der Waals surface area (Å²) < 4.78 is 5.20. The van der Waals surface area contributed by atoms with Crippen LogP contribution in [0.4, 0.5) is 4.79 Å². The van der Waals surface area contributed by atoms with Crippen LogP contribution in [0.15, 0.2) is 0 Å². The first-order chi connectivity index (χ1) is 8.49. The third-order valence-corrected chi connectivity index (χ3v) is 3.51. The molecule has 0 spiro atoms. The number of carboxylic acid groups (broad SMARTS) is 1. The van der Waals surface area contributed by atoms with Crippen LogP contribution in [0.5, 0.6) is 0 Å². The zero-order valence-corrected chi connectivity index (χ0v) is 12.0. The van der Waals surface area contributed by atoms with Crippen molar-refractivity contribution in [2.45, 2.75) is 52.2 Å². The molecular weight excluding hydrogens is 250 g/mol. The highest BCUT2D eigenvalue weighted by atomic mass is 16.6. The zero-order valence-electron chi connectivity index (χ0n) is 12.0. The van der Waals surface area contributed by atoms with Crippen LogP contribution < -0.4 is 0 Å². The van der Waals surface area contributed by atoms with Crippen LogP contribution in [0.2, 0.25) is 0 Å². The van der Waals surface area contributed by atoms with E-state index in [0.29, 0.717) is 0 Å². The van der Waals surface area contributed by atoms with Gasteiger partial charge < -0.3 is 14.7 Å². The fraction of sp³-hybridized carbons (Fsp3) is 0.769. The lowest BCUT2D eigenvalue weighted by atomic mass is 9.63. The monoisotopic (exact) mass is 271 g/mol. The fourth-order valence-electron chi connectivity index (χ4n) is 2.14. The highest BCUT2D eigenvalue weighted by molar-refractivity contribution is 5.97. The fourth-order valence-corrected chi connectivity index (χ4v) is 2.14. The van der Waals surface area contributed by atoms with Crippen molar-refractivity contribution < 1.29 is 24.2 Å². The highest BCUT2D eigenvalue weighted by Crippen LogP contribution is 2.43. The summed E-state index contributed by atoms with van der Waals surface area (Å²) in [7, 11) is 1.49. The van der Waals surface area contributed by atoms with Crippen molar-refractivity contribution in [3.63, 3.8) is 0 Å². The average molecular weight is 271 g/mol. The number of rotatable bonds is 3. The number of carbonyl (C=O) groups excluding carboxylic acids is 2. The average Bonchev–Trinajstić information content (AvgIpc) is 2.19. The molecule has 1 aliphatic rings. The Hall–Kier alpha value is -1.59. The maximum Gasteiger partial charge on any atom is 0.410 e. The lowest BCUT2D eigenvalue weighted by Crippen LogP contribution is -2.58. The van der Waals surface area contributed by atoms with Crippen LogP contribution in [0.25, 0.3) is 0 Å². The molecule has 1 aliphatic carbocycles. The molecule has 1 fully saturated rings. The summed E-state index contributed by atoms with van der Waals surface area (Å²) in [6.45, 7) is 6.85. The third kappa shape index (κ3) is 3.05. The van der Waals surface area contributed by atoms with Gasteiger partial charge in [-0.2, -0.15) is 0 Å². The number of nitrogens with zero attached hydrogens (tertiary/aromatic N) is 1. The van der Waals surface area contributed by atoms with Crippen LogP contribution in [-0.4, -0.2) is 46.5 Å². The summed E-state index contributed by atoms with van der Waals surface area (Å²) in [6, 6.07) is -0.599. The number of carbonyl (C=O) groups is 3. The quantitative estimate of drug-likeness (QED) is 0.844. The molecule has 0 heterocycles. The lowest BCUT2D eigenvalue weighted by Gasteiger charge is -2.44. The van der Waals surface area contributed by atoms with Gasteiger partial charge >= 0.3 is 12.1 Å². The van der Waals surface area contributed by atoms with E-state index in [9.17, 15) is 19.5 Å². The Kier molecular flexibility index (Phi) is 3.93. The zero-order chi connectivity index (χ0) is 15.0. The third-order valence-electron chi connectivity index (χ3n) is 3.51. The molecular formula is C13H21NO5. The minimum absolute atomic E-state index is 0.0311. The maximum absolute atomic E-state index is 11.9. The Morgan fingerprint density at radius 3 is 2.16 bits per heavy atom. The Bertz CT molecular complexity index is 402. The molecule has 0 bridgehead atoms. The lowest BCUT2D eigenvalue weighted by molar-refractivity contribution is -0.165. The van der Waals surface area contributed by atoms with Crippen molar-refractivity contribution in [1.82, 2.24) is 4.90 Å². The second-order valence-electron chi connectivity index (χ2n) is 6.12. The molecule has 1 amide bonds. The summed E-state index contributed by atoms with van der Waals surface area (Å²) in [5.41, 5.74) is -1.82. The topological polar surface area (TPSA) is 83.9 Å². The van der Waals surface area contributed by atoms with Gasteiger partial charge in [-0.1, -0.05) is 0 Å². The van der Waals surface area contributed by atoms with Crippen molar-refractivity contribution in [1.29, 1.82) is 0 Å². The van der Waals surface area contributed by atoms with Crippen molar-refractivity contribution in [2.75, 3.05) is 7.05 Å². The van der Waals surface area contributed by atoms with Gasteiger partial charge in [0.05, 0.1) is 0 Å². The van der Waals surface area contributed by atoms with E-state index in [1.165, 1.54) is 11.9 Å². The van der Waals surface area contributed by atoms with Crippen molar-refractivity contribution in [2.24, 2.45) is 5.41 Å². The SMILES string of the molecule is CC(N(C)C(=O)OC(C)(C)C)C1(C(=O)O)CC(=O)C1. The highest BCUT2D eigenvalue weighted by Gasteiger charge is 2.56. The van der Waals surface area contributed by atoms with E-state index >= 15 is 0 Å². The van der Waals surface area contributed by atoms with Crippen LogP contribution in [-0.2, 0) is 14.3 Å². The second-order valence-corrected chi connectivity index (χ2v) is 6.12. The number of Topliss-reactive ketones (excluding diaryl/α,β-unsaturated/α-hetero) is 1. The number of carboxylic acids is 1. The van der Waals surface area contributed by atoms with Gasteiger partial charge in [-0.15, -0.1) is 0 Å². The molecule has 0 aromatic rings. The van der Waals surface area contributed by atoms with Crippen LogP contribution in [0.3, 0.4) is 0 Å². The van der Waals surface area contributed by atoms with Gasteiger partial charge in [0.25, 0.3) is 0 Å². The van der Waals surface area contributed by atoms with Crippen LogP contribution in [0, 0.1) is 5.41 Å². The number of ether oxygens (including phenoxy) is 1. The molecule has 6 heteroatoms. The number of amides is 1. The second kappa shape index (κ2) is 4.83. The van der Waals surface area contributed by atoms with Gasteiger partial charge in [0, 0.05) is 25.9 Å². The van der Waals surface area contributed by atoms with E-state index in [0.717, 1.165) is 0 Å². The molecule has 0 aromatic carbocycles. The first-order valence-electron chi connectivity index (χ1n) is 6.20. The number of hydrogen-bond acceptors (Lipinski definition) is 4. The molecule has 1 unspecified atom stereocenters. The van der Waals surface area contributed by atoms with Gasteiger partial charge in [-0.05, 0) is 27.7 Å². The summed E-state index contributed by atoms with van der Waals surface area (Å²) in [5, 5.41) is 9.30. The molecule has 108 valence electrons. The van der Waals surface area contributed by atoms with E-state index in [1.807, 2.05) is 0 Å². The van der Waals surface area contributed by atoms with E-state index < -0.39 is 29.1 Å². The summed E-state index contributed by atoms with van der Waals surface area (Å²) in [4.78, 5) is 35.7. The van der Waals surface area contributed by atoms with Gasteiger partial charge in [-0.25, -0.2) is 4.79 Å². The van der Waals surface area contributed by atoms with E-state index in [-0.39, 0.29) is 18.6 Å².